The van der Waals surface area contributed by atoms with Gasteiger partial charge < -0.3 is 4.74 Å². The van der Waals surface area contributed by atoms with Gasteiger partial charge in [0, 0.05) is 49.9 Å². The third-order valence-corrected chi connectivity index (χ3v) is 5.31. The lowest BCUT2D eigenvalue weighted by molar-refractivity contribution is 0.0830. The van der Waals surface area contributed by atoms with Crippen LogP contribution in [-0.4, -0.2) is 38.0 Å². The van der Waals surface area contributed by atoms with Crippen molar-refractivity contribution >= 4 is 11.3 Å². The van der Waals surface area contributed by atoms with E-state index in [9.17, 15) is 0 Å². The van der Waals surface area contributed by atoms with E-state index in [1.165, 1.54) is 10.6 Å². The highest BCUT2D eigenvalue weighted by molar-refractivity contribution is 7.09. The average molecular weight is 355 g/mol. The molecule has 3 aromatic rings. The predicted octanol–water partition coefficient (Wildman–Crippen LogP) is 2.59. The zero-order chi connectivity index (χ0) is 17.1. The second kappa shape index (κ2) is 7.43. The fourth-order valence-corrected chi connectivity index (χ4v) is 4.12. The largest absolute Gasteiger partial charge is 0.376 e. The van der Waals surface area contributed by atoms with Gasteiger partial charge in [-0.1, -0.05) is 17.3 Å². The molecule has 3 aromatic heterocycles. The number of ether oxygens (including phenoxy) is 1. The quantitative estimate of drug-likeness (QED) is 0.680. The molecule has 0 saturated carbocycles. The number of rotatable bonds is 6. The number of thiophene rings is 1. The van der Waals surface area contributed by atoms with Crippen molar-refractivity contribution in [2.45, 2.75) is 25.6 Å². The van der Waals surface area contributed by atoms with Gasteiger partial charge in [-0.2, -0.15) is 0 Å². The van der Waals surface area contributed by atoms with Crippen LogP contribution in [0.4, 0.5) is 0 Å². The molecule has 130 valence electrons. The van der Waals surface area contributed by atoms with Gasteiger partial charge in [0.15, 0.2) is 0 Å². The number of nitrogens with zero attached hydrogens (tertiary/aromatic N) is 5. The Balaban J connectivity index is 1.44. The van der Waals surface area contributed by atoms with Crippen LogP contribution in [0.5, 0.6) is 0 Å². The van der Waals surface area contributed by atoms with E-state index in [2.05, 4.69) is 37.7 Å². The molecule has 4 heterocycles. The fraction of sp³-hybridized carbons (Fsp3) is 0.389. The average Bonchev–Trinajstić information content (AvgIpc) is 3.26. The molecule has 0 aromatic carbocycles. The van der Waals surface area contributed by atoms with E-state index in [0.29, 0.717) is 13.2 Å². The summed E-state index contributed by atoms with van der Waals surface area (Å²) in [6.07, 6.45) is 3.63. The van der Waals surface area contributed by atoms with Crippen molar-refractivity contribution in [2.75, 3.05) is 13.2 Å². The SMILES string of the molecule is Cn1nnc2c1[C@H](COCc1cccnc1)CN(Cc1cccs1)C2. The Bertz CT molecular complexity index is 802. The lowest BCUT2D eigenvalue weighted by Gasteiger charge is -2.31. The highest BCUT2D eigenvalue weighted by atomic mass is 32.1. The second-order valence-electron chi connectivity index (χ2n) is 6.37. The van der Waals surface area contributed by atoms with Crippen LogP contribution in [-0.2, 0) is 31.5 Å². The molecule has 0 amide bonds. The molecule has 1 aliphatic heterocycles. The molecule has 1 aliphatic rings. The predicted molar refractivity (Wildman–Crippen MR) is 96.1 cm³/mol. The summed E-state index contributed by atoms with van der Waals surface area (Å²) in [5.74, 6) is 0.278. The molecule has 0 bridgehead atoms. The van der Waals surface area contributed by atoms with E-state index in [0.717, 1.165) is 30.9 Å². The Hall–Kier alpha value is -2.09. The van der Waals surface area contributed by atoms with Crippen LogP contribution in [0.15, 0.2) is 42.0 Å². The summed E-state index contributed by atoms with van der Waals surface area (Å²) >= 11 is 1.80. The van der Waals surface area contributed by atoms with Crippen molar-refractivity contribution in [3.05, 3.63) is 63.9 Å². The first-order valence-corrected chi connectivity index (χ1v) is 9.27. The third-order valence-electron chi connectivity index (χ3n) is 4.45. The Morgan fingerprint density at radius 1 is 1.32 bits per heavy atom. The first kappa shape index (κ1) is 16.4. The maximum atomic E-state index is 5.99. The van der Waals surface area contributed by atoms with Crippen molar-refractivity contribution in [3.8, 4) is 0 Å². The summed E-state index contributed by atoms with van der Waals surface area (Å²) in [6, 6.07) is 8.26. The van der Waals surface area contributed by atoms with Crippen LogP contribution in [0, 0.1) is 0 Å². The van der Waals surface area contributed by atoms with Gasteiger partial charge in [0.2, 0.25) is 0 Å². The van der Waals surface area contributed by atoms with E-state index in [-0.39, 0.29) is 5.92 Å². The normalized spacial score (nSPS) is 17.6. The lowest BCUT2D eigenvalue weighted by Crippen LogP contribution is -2.35. The Morgan fingerprint density at radius 3 is 3.08 bits per heavy atom. The molecule has 0 radical (unpaired) electrons. The highest BCUT2D eigenvalue weighted by Crippen LogP contribution is 2.28. The van der Waals surface area contributed by atoms with E-state index in [1.54, 1.807) is 17.5 Å². The summed E-state index contributed by atoms with van der Waals surface area (Å²) in [5.41, 5.74) is 3.37. The first-order chi connectivity index (χ1) is 12.3. The van der Waals surface area contributed by atoms with Gasteiger partial charge in [0.05, 0.1) is 18.9 Å². The zero-order valence-corrected chi connectivity index (χ0v) is 15.0. The van der Waals surface area contributed by atoms with Crippen molar-refractivity contribution in [1.29, 1.82) is 0 Å². The first-order valence-electron chi connectivity index (χ1n) is 8.39. The minimum absolute atomic E-state index is 0.278. The minimum atomic E-state index is 0.278. The number of pyridine rings is 1. The summed E-state index contributed by atoms with van der Waals surface area (Å²) in [4.78, 5) is 7.94. The summed E-state index contributed by atoms with van der Waals surface area (Å²) in [5, 5.41) is 10.7. The van der Waals surface area contributed by atoms with Crippen LogP contribution in [0.1, 0.15) is 27.7 Å². The van der Waals surface area contributed by atoms with Gasteiger partial charge in [-0.25, -0.2) is 0 Å². The van der Waals surface area contributed by atoms with E-state index in [4.69, 9.17) is 4.74 Å². The number of hydrogen-bond acceptors (Lipinski definition) is 6. The smallest absolute Gasteiger partial charge is 0.100 e. The second-order valence-corrected chi connectivity index (χ2v) is 7.40. The topological polar surface area (TPSA) is 56.1 Å². The molecule has 4 rings (SSSR count). The van der Waals surface area contributed by atoms with Gasteiger partial charge in [0.25, 0.3) is 0 Å². The molecule has 25 heavy (non-hydrogen) atoms. The standard InChI is InChI=1S/C18H21N5OS/c1-22-18-15(13-24-12-14-4-2-6-19-8-14)9-23(11-17(18)20-21-22)10-16-5-3-7-25-16/h2-8,15H,9-13H2,1H3/t15-/m0/s1. The van der Waals surface area contributed by atoms with Gasteiger partial charge >= 0.3 is 0 Å². The molecule has 0 saturated heterocycles. The molecule has 0 spiro atoms. The maximum Gasteiger partial charge on any atom is 0.100 e. The van der Waals surface area contributed by atoms with E-state index < -0.39 is 0 Å². The molecule has 0 unspecified atom stereocenters. The number of aryl methyl sites for hydroxylation is 1. The minimum Gasteiger partial charge on any atom is -0.376 e. The van der Waals surface area contributed by atoms with Crippen molar-refractivity contribution in [3.63, 3.8) is 0 Å². The van der Waals surface area contributed by atoms with Crippen LogP contribution < -0.4 is 0 Å². The fourth-order valence-electron chi connectivity index (χ4n) is 3.37. The van der Waals surface area contributed by atoms with Gasteiger partial charge in [0.1, 0.15) is 5.69 Å². The molecule has 1 atom stereocenters. The van der Waals surface area contributed by atoms with Crippen molar-refractivity contribution in [2.24, 2.45) is 7.05 Å². The van der Waals surface area contributed by atoms with Gasteiger partial charge in [-0.15, -0.1) is 16.4 Å². The van der Waals surface area contributed by atoms with Crippen molar-refractivity contribution in [1.82, 2.24) is 24.9 Å². The molecular weight excluding hydrogens is 334 g/mol. The van der Waals surface area contributed by atoms with E-state index >= 15 is 0 Å². The van der Waals surface area contributed by atoms with Crippen LogP contribution in [0.2, 0.25) is 0 Å². The lowest BCUT2D eigenvalue weighted by atomic mass is 9.99. The zero-order valence-electron chi connectivity index (χ0n) is 14.2. The van der Waals surface area contributed by atoms with E-state index in [1.807, 2.05) is 30.1 Å². The Morgan fingerprint density at radius 2 is 2.28 bits per heavy atom. The van der Waals surface area contributed by atoms with Crippen LogP contribution in [0.25, 0.3) is 0 Å². The molecular formula is C18H21N5OS. The van der Waals surface area contributed by atoms with Crippen LogP contribution >= 0.6 is 11.3 Å². The third kappa shape index (κ3) is 3.78. The van der Waals surface area contributed by atoms with Gasteiger partial charge in [-0.05, 0) is 23.1 Å². The van der Waals surface area contributed by atoms with Crippen LogP contribution in [0.3, 0.4) is 0 Å². The molecule has 7 heteroatoms. The molecule has 0 aliphatic carbocycles. The number of hydrogen-bond donors (Lipinski definition) is 0. The monoisotopic (exact) mass is 355 g/mol. The highest BCUT2D eigenvalue weighted by Gasteiger charge is 2.30. The molecule has 0 N–H and O–H groups in total. The summed E-state index contributed by atoms with van der Waals surface area (Å²) in [7, 11) is 1.97. The summed E-state index contributed by atoms with van der Waals surface area (Å²) in [6.45, 7) is 3.99. The molecule has 6 nitrogen and oxygen atoms in total. The summed E-state index contributed by atoms with van der Waals surface area (Å²) < 4.78 is 7.89. The Kier molecular flexibility index (Phi) is 4.87. The Labute approximate surface area is 151 Å². The van der Waals surface area contributed by atoms with Crippen molar-refractivity contribution < 1.29 is 4.74 Å². The maximum absolute atomic E-state index is 5.99. The number of aromatic nitrogens is 4. The molecule has 0 fully saturated rings. The number of fused-ring (bicyclic) bond motifs is 1. The van der Waals surface area contributed by atoms with Gasteiger partial charge in [-0.3, -0.25) is 14.6 Å².